The van der Waals surface area contributed by atoms with E-state index in [9.17, 15) is 9.59 Å². The number of amides is 1. The Morgan fingerprint density at radius 3 is 2.86 bits per heavy atom. The SMILES string of the molecule is CCCC(CNC(=O)c1nc(SC)n2ccccc12)C(=O)O. The summed E-state index contributed by atoms with van der Waals surface area (Å²) >= 11 is 1.45. The molecule has 0 fully saturated rings. The van der Waals surface area contributed by atoms with Crippen molar-refractivity contribution in [2.24, 2.45) is 5.92 Å². The van der Waals surface area contributed by atoms with Gasteiger partial charge in [0.2, 0.25) is 0 Å². The van der Waals surface area contributed by atoms with Crippen LogP contribution in [0.5, 0.6) is 0 Å². The first-order valence-electron chi connectivity index (χ1n) is 7.10. The largest absolute Gasteiger partial charge is 0.481 e. The molecular formula is C15H19N3O3S. The Morgan fingerprint density at radius 1 is 1.45 bits per heavy atom. The third-order valence-electron chi connectivity index (χ3n) is 3.41. The predicted octanol–water partition coefficient (Wildman–Crippen LogP) is 2.29. The molecule has 0 aromatic carbocycles. The van der Waals surface area contributed by atoms with E-state index in [2.05, 4.69) is 10.3 Å². The van der Waals surface area contributed by atoms with E-state index in [1.807, 2.05) is 42.0 Å². The molecule has 0 spiro atoms. The quantitative estimate of drug-likeness (QED) is 0.764. The van der Waals surface area contributed by atoms with Crippen LogP contribution < -0.4 is 5.32 Å². The number of pyridine rings is 1. The van der Waals surface area contributed by atoms with Crippen molar-refractivity contribution in [3.05, 3.63) is 30.1 Å². The number of thioether (sulfide) groups is 1. The van der Waals surface area contributed by atoms with E-state index in [0.29, 0.717) is 17.6 Å². The van der Waals surface area contributed by atoms with Crippen LogP contribution in [0.2, 0.25) is 0 Å². The van der Waals surface area contributed by atoms with Gasteiger partial charge in [-0.3, -0.25) is 14.0 Å². The molecule has 0 aliphatic heterocycles. The van der Waals surface area contributed by atoms with Crippen LogP contribution in [-0.4, -0.2) is 39.2 Å². The fraction of sp³-hybridized carbons (Fsp3) is 0.400. The molecule has 2 N–H and O–H groups in total. The van der Waals surface area contributed by atoms with Crippen molar-refractivity contribution >= 4 is 29.2 Å². The number of hydrogen-bond acceptors (Lipinski definition) is 4. The lowest BCUT2D eigenvalue weighted by Crippen LogP contribution is -2.33. The lowest BCUT2D eigenvalue weighted by molar-refractivity contribution is -0.141. The van der Waals surface area contributed by atoms with Gasteiger partial charge >= 0.3 is 5.97 Å². The number of imidazole rings is 1. The van der Waals surface area contributed by atoms with E-state index in [-0.39, 0.29) is 12.5 Å². The number of carbonyl (C=O) groups excluding carboxylic acids is 1. The Balaban J connectivity index is 2.18. The average Bonchev–Trinajstić information content (AvgIpc) is 2.89. The van der Waals surface area contributed by atoms with Gasteiger partial charge in [0.25, 0.3) is 5.91 Å². The fourth-order valence-electron chi connectivity index (χ4n) is 2.28. The number of aromatic nitrogens is 2. The molecule has 1 atom stereocenters. The van der Waals surface area contributed by atoms with Gasteiger partial charge in [0.15, 0.2) is 10.9 Å². The molecule has 0 saturated carbocycles. The van der Waals surface area contributed by atoms with E-state index in [4.69, 9.17) is 5.11 Å². The molecule has 118 valence electrons. The third-order valence-corrected chi connectivity index (χ3v) is 4.06. The number of nitrogens with one attached hydrogen (secondary N) is 1. The molecule has 0 aliphatic carbocycles. The number of fused-ring (bicyclic) bond motifs is 1. The second-order valence-electron chi connectivity index (χ2n) is 4.94. The van der Waals surface area contributed by atoms with Crippen LogP contribution in [0.1, 0.15) is 30.3 Å². The minimum absolute atomic E-state index is 0.114. The molecule has 7 heteroatoms. The molecule has 2 aromatic rings. The number of aliphatic carboxylic acids is 1. The first kappa shape index (κ1) is 16.4. The smallest absolute Gasteiger partial charge is 0.308 e. The van der Waals surface area contributed by atoms with Crippen molar-refractivity contribution in [2.75, 3.05) is 12.8 Å². The summed E-state index contributed by atoms with van der Waals surface area (Å²) in [5.74, 6) is -1.80. The molecule has 2 heterocycles. The lowest BCUT2D eigenvalue weighted by atomic mass is 10.0. The average molecular weight is 321 g/mol. The first-order valence-corrected chi connectivity index (χ1v) is 8.33. The molecule has 0 radical (unpaired) electrons. The van der Waals surface area contributed by atoms with Gasteiger partial charge in [-0.15, -0.1) is 0 Å². The maximum Gasteiger partial charge on any atom is 0.308 e. The Kier molecular flexibility index (Phi) is 5.43. The molecular weight excluding hydrogens is 302 g/mol. The highest BCUT2D eigenvalue weighted by Crippen LogP contribution is 2.19. The topological polar surface area (TPSA) is 83.7 Å². The zero-order valence-electron chi connectivity index (χ0n) is 12.6. The summed E-state index contributed by atoms with van der Waals surface area (Å²) in [5, 5.41) is 12.5. The van der Waals surface area contributed by atoms with Crippen LogP contribution in [0, 0.1) is 5.92 Å². The van der Waals surface area contributed by atoms with Gasteiger partial charge in [-0.2, -0.15) is 0 Å². The number of carbonyl (C=O) groups is 2. The predicted molar refractivity (Wildman–Crippen MR) is 85.3 cm³/mol. The van der Waals surface area contributed by atoms with Crippen LogP contribution in [0.3, 0.4) is 0 Å². The number of rotatable bonds is 7. The molecule has 6 nitrogen and oxygen atoms in total. The number of nitrogens with zero attached hydrogens (tertiary/aromatic N) is 2. The van der Waals surface area contributed by atoms with Gasteiger partial charge in [0.1, 0.15) is 0 Å². The zero-order valence-corrected chi connectivity index (χ0v) is 13.4. The Hall–Kier alpha value is -2.02. The minimum Gasteiger partial charge on any atom is -0.481 e. The zero-order chi connectivity index (χ0) is 16.1. The van der Waals surface area contributed by atoms with Crippen LogP contribution in [-0.2, 0) is 4.79 Å². The molecule has 2 aromatic heterocycles. The second kappa shape index (κ2) is 7.31. The van der Waals surface area contributed by atoms with E-state index >= 15 is 0 Å². The molecule has 0 aliphatic rings. The number of carboxylic acid groups (broad SMARTS) is 1. The van der Waals surface area contributed by atoms with Gasteiger partial charge in [0, 0.05) is 12.7 Å². The minimum atomic E-state index is -0.887. The van der Waals surface area contributed by atoms with Gasteiger partial charge in [-0.25, -0.2) is 4.98 Å². The first-order chi connectivity index (χ1) is 10.6. The van der Waals surface area contributed by atoms with E-state index in [0.717, 1.165) is 11.6 Å². The number of carboxylic acids is 1. The molecule has 0 bridgehead atoms. The Labute approximate surface area is 132 Å². The van der Waals surface area contributed by atoms with E-state index in [1.54, 1.807) is 0 Å². The molecule has 1 amide bonds. The van der Waals surface area contributed by atoms with Crippen LogP contribution in [0.25, 0.3) is 5.52 Å². The summed E-state index contributed by atoms with van der Waals surface area (Å²) in [6.45, 7) is 2.04. The highest BCUT2D eigenvalue weighted by atomic mass is 32.2. The summed E-state index contributed by atoms with van der Waals surface area (Å²) in [4.78, 5) is 27.8. The van der Waals surface area contributed by atoms with Crippen LogP contribution >= 0.6 is 11.8 Å². The summed E-state index contributed by atoms with van der Waals surface area (Å²) in [7, 11) is 0. The van der Waals surface area contributed by atoms with Crippen molar-refractivity contribution < 1.29 is 14.7 Å². The lowest BCUT2D eigenvalue weighted by Gasteiger charge is -2.11. The van der Waals surface area contributed by atoms with Crippen LogP contribution in [0.15, 0.2) is 29.6 Å². The van der Waals surface area contributed by atoms with Gasteiger partial charge < -0.3 is 10.4 Å². The monoisotopic (exact) mass is 321 g/mol. The van der Waals surface area contributed by atoms with Crippen molar-refractivity contribution in [3.63, 3.8) is 0 Å². The number of hydrogen-bond donors (Lipinski definition) is 2. The van der Waals surface area contributed by atoms with Crippen molar-refractivity contribution in [2.45, 2.75) is 24.9 Å². The van der Waals surface area contributed by atoms with E-state index < -0.39 is 11.9 Å². The van der Waals surface area contributed by atoms with Gasteiger partial charge in [-0.1, -0.05) is 31.2 Å². The van der Waals surface area contributed by atoms with Crippen molar-refractivity contribution in [1.82, 2.24) is 14.7 Å². The van der Waals surface area contributed by atoms with Crippen molar-refractivity contribution in [3.8, 4) is 0 Å². The summed E-state index contributed by atoms with van der Waals surface area (Å²) in [5.41, 5.74) is 1.04. The Morgan fingerprint density at radius 2 is 2.23 bits per heavy atom. The molecule has 22 heavy (non-hydrogen) atoms. The van der Waals surface area contributed by atoms with E-state index in [1.165, 1.54) is 11.8 Å². The van der Waals surface area contributed by atoms with Gasteiger partial charge in [-0.05, 0) is 24.8 Å². The Bertz CT molecular complexity index is 684. The summed E-state index contributed by atoms with van der Waals surface area (Å²) in [6, 6.07) is 5.54. The molecule has 2 rings (SSSR count). The molecule has 0 saturated heterocycles. The standard InChI is InChI=1S/C15H19N3O3S/c1-3-6-10(14(20)21)9-16-13(19)12-11-7-4-5-8-18(11)15(17-12)22-2/h4-5,7-8,10H,3,6,9H2,1-2H3,(H,16,19)(H,20,21). The maximum absolute atomic E-state index is 12.3. The fourth-order valence-corrected chi connectivity index (χ4v) is 2.82. The van der Waals surface area contributed by atoms with Crippen LogP contribution in [0.4, 0.5) is 0 Å². The molecule has 1 unspecified atom stereocenters. The van der Waals surface area contributed by atoms with Gasteiger partial charge in [0.05, 0.1) is 11.4 Å². The maximum atomic E-state index is 12.3. The third kappa shape index (κ3) is 3.41. The summed E-state index contributed by atoms with van der Waals surface area (Å²) in [6.07, 6.45) is 5.04. The normalized spacial score (nSPS) is 12.3. The highest BCUT2D eigenvalue weighted by molar-refractivity contribution is 7.98. The highest BCUT2D eigenvalue weighted by Gasteiger charge is 2.20. The second-order valence-corrected chi connectivity index (χ2v) is 5.71. The summed E-state index contributed by atoms with van der Waals surface area (Å²) < 4.78 is 1.85. The van der Waals surface area contributed by atoms with Crippen molar-refractivity contribution in [1.29, 1.82) is 0 Å².